The molecule has 0 bridgehead atoms. The van der Waals surface area contributed by atoms with Crippen molar-refractivity contribution in [3.63, 3.8) is 0 Å². The zero-order valence-electron chi connectivity index (χ0n) is 11.9. The maximum Gasteiger partial charge on any atom is 0.336 e. The smallest absolute Gasteiger partial charge is 0.336 e. The van der Waals surface area contributed by atoms with Gasteiger partial charge in [-0.25, -0.2) is 13.2 Å². The van der Waals surface area contributed by atoms with Crippen molar-refractivity contribution in [1.29, 1.82) is 0 Å². The van der Waals surface area contributed by atoms with E-state index >= 15 is 0 Å². The van der Waals surface area contributed by atoms with Gasteiger partial charge in [0.25, 0.3) is 10.0 Å². The van der Waals surface area contributed by atoms with Crippen LogP contribution < -0.4 is 4.31 Å². The van der Waals surface area contributed by atoms with Crippen LogP contribution in [0.5, 0.6) is 0 Å². The van der Waals surface area contributed by atoms with Crippen LogP contribution >= 0.6 is 11.3 Å². The van der Waals surface area contributed by atoms with Gasteiger partial charge in [-0.3, -0.25) is 4.31 Å². The van der Waals surface area contributed by atoms with Gasteiger partial charge in [0.1, 0.15) is 4.21 Å². The first-order chi connectivity index (χ1) is 10.4. The second kappa shape index (κ2) is 5.40. The summed E-state index contributed by atoms with van der Waals surface area (Å²) < 4.78 is 27.1. The summed E-state index contributed by atoms with van der Waals surface area (Å²) in [5, 5.41) is 10.3. The van der Waals surface area contributed by atoms with Gasteiger partial charge in [0.05, 0.1) is 11.3 Å². The van der Waals surface area contributed by atoms with Crippen molar-refractivity contribution in [2.75, 3.05) is 10.8 Å². The molecule has 0 aliphatic carbocycles. The van der Waals surface area contributed by atoms with Crippen LogP contribution in [-0.4, -0.2) is 26.0 Å². The van der Waals surface area contributed by atoms with E-state index in [1.807, 2.05) is 18.2 Å². The molecule has 116 valence electrons. The number of rotatable bonds is 3. The molecule has 1 N–H and O–H groups in total. The van der Waals surface area contributed by atoms with Crippen molar-refractivity contribution < 1.29 is 18.3 Å². The summed E-state index contributed by atoms with van der Waals surface area (Å²) in [6.45, 7) is 2.48. The van der Waals surface area contributed by atoms with Crippen LogP contribution in [0.25, 0.3) is 0 Å². The third-order valence-corrected chi connectivity index (χ3v) is 7.10. The first-order valence-electron chi connectivity index (χ1n) is 6.85. The van der Waals surface area contributed by atoms with Gasteiger partial charge in [0, 0.05) is 11.9 Å². The molecule has 1 aliphatic heterocycles. The van der Waals surface area contributed by atoms with E-state index in [0.29, 0.717) is 18.2 Å². The van der Waals surface area contributed by atoms with Gasteiger partial charge in [-0.05, 0) is 30.0 Å². The summed E-state index contributed by atoms with van der Waals surface area (Å²) in [5.41, 5.74) is 1.70. The average Bonchev–Trinajstić information content (AvgIpc) is 2.98. The van der Waals surface area contributed by atoms with E-state index in [0.717, 1.165) is 23.3 Å². The van der Waals surface area contributed by atoms with Crippen LogP contribution in [0, 0.1) is 0 Å². The van der Waals surface area contributed by atoms with Gasteiger partial charge in [-0.15, -0.1) is 11.3 Å². The first kappa shape index (κ1) is 15.1. The number of carboxylic acid groups (broad SMARTS) is 1. The molecule has 5 nitrogen and oxygen atoms in total. The molecule has 0 fully saturated rings. The molecule has 0 radical (unpaired) electrons. The molecular formula is C15H15NO4S2. The van der Waals surface area contributed by atoms with Crippen LogP contribution in [0.15, 0.2) is 39.9 Å². The number of nitrogens with zero attached hydrogens (tertiary/aromatic N) is 1. The normalized spacial score (nSPS) is 18.0. The fourth-order valence-corrected chi connectivity index (χ4v) is 5.41. The number of thiophene rings is 1. The number of fused-ring (bicyclic) bond motifs is 1. The second-order valence-corrected chi connectivity index (χ2v) is 8.29. The van der Waals surface area contributed by atoms with Crippen LogP contribution in [0.1, 0.15) is 35.2 Å². The third-order valence-electron chi connectivity index (χ3n) is 3.87. The Morgan fingerprint density at radius 1 is 1.36 bits per heavy atom. The summed E-state index contributed by atoms with van der Waals surface area (Å²) in [6, 6.07) is 8.69. The van der Waals surface area contributed by atoms with Gasteiger partial charge in [0.2, 0.25) is 0 Å². The number of benzene rings is 1. The van der Waals surface area contributed by atoms with Crippen LogP contribution in [0.2, 0.25) is 0 Å². The number of hydrogen-bond donors (Lipinski definition) is 1. The van der Waals surface area contributed by atoms with Crippen LogP contribution in [0.4, 0.5) is 5.69 Å². The average molecular weight is 337 g/mol. The van der Waals surface area contributed by atoms with E-state index in [1.54, 1.807) is 6.07 Å². The number of anilines is 1. The minimum absolute atomic E-state index is 0.00207. The quantitative estimate of drug-likeness (QED) is 0.933. The van der Waals surface area contributed by atoms with Crippen molar-refractivity contribution in [2.24, 2.45) is 0 Å². The van der Waals surface area contributed by atoms with E-state index in [2.05, 4.69) is 6.92 Å². The largest absolute Gasteiger partial charge is 0.478 e. The number of carboxylic acids is 1. The Morgan fingerprint density at radius 2 is 2.09 bits per heavy atom. The van der Waals surface area contributed by atoms with E-state index in [9.17, 15) is 13.2 Å². The highest BCUT2D eigenvalue weighted by Gasteiger charge is 2.32. The molecule has 0 saturated heterocycles. The lowest BCUT2D eigenvalue weighted by Gasteiger charge is -2.33. The highest BCUT2D eigenvalue weighted by Crippen LogP contribution is 2.38. The Balaban J connectivity index is 2.06. The number of carbonyl (C=O) groups is 1. The molecule has 1 aromatic heterocycles. The van der Waals surface area contributed by atoms with Crippen molar-refractivity contribution in [3.8, 4) is 0 Å². The summed E-state index contributed by atoms with van der Waals surface area (Å²) >= 11 is 0.943. The van der Waals surface area contributed by atoms with Crippen molar-refractivity contribution in [1.82, 2.24) is 0 Å². The van der Waals surface area contributed by atoms with E-state index < -0.39 is 16.0 Å². The number of hydrogen-bond acceptors (Lipinski definition) is 4. The van der Waals surface area contributed by atoms with Crippen LogP contribution in [-0.2, 0) is 10.0 Å². The number of aromatic carboxylic acids is 1. The maximum atomic E-state index is 12.8. The molecule has 1 atom stereocenters. The summed E-state index contributed by atoms with van der Waals surface area (Å²) in [7, 11) is -3.72. The maximum absolute atomic E-state index is 12.8. The molecule has 1 aromatic carbocycles. The lowest BCUT2D eigenvalue weighted by atomic mass is 9.93. The van der Waals surface area contributed by atoms with Crippen molar-refractivity contribution in [3.05, 3.63) is 46.8 Å². The van der Waals surface area contributed by atoms with E-state index in [4.69, 9.17) is 5.11 Å². The molecule has 7 heteroatoms. The van der Waals surface area contributed by atoms with Gasteiger partial charge >= 0.3 is 5.97 Å². The van der Waals surface area contributed by atoms with Gasteiger partial charge in [-0.2, -0.15) is 0 Å². The van der Waals surface area contributed by atoms with E-state index in [-0.39, 0.29) is 9.77 Å². The molecule has 1 aliphatic rings. The van der Waals surface area contributed by atoms with Gasteiger partial charge in [-0.1, -0.05) is 25.1 Å². The minimum Gasteiger partial charge on any atom is -0.478 e. The SMILES string of the molecule is C[C@@H]1CCN(S(=O)(=O)c2cc(C(=O)O)cs2)c2ccccc21. The molecule has 0 spiro atoms. The Bertz CT molecular complexity index is 826. The zero-order chi connectivity index (χ0) is 15.9. The summed E-state index contributed by atoms with van der Waals surface area (Å²) in [4.78, 5) is 11.0. The highest BCUT2D eigenvalue weighted by molar-refractivity contribution is 7.94. The number of para-hydroxylation sites is 1. The molecular weight excluding hydrogens is 322 g/mol. The second-order valence-electron chi connectivity index (χ2n) is 5.29. The summed E-state index contributed by atoms with van der Waals surface area (Å²) in [5.74, 6) is -0.814. The lowest BCUT2D eigenvalue weighted by molar-refractivity contribution is 0.0697. The fraction of sp³-hybridized carbons (Fsp3) is 0.267. The van der Waals surface area contributed by atoms with Crippen LogP contribution in [0.3, 0.4) is 0 Å². The third kappa shape index (κ3) is 2.40. The minimum atomic E-state index is -3.72. The topological polar surface area (TPSA) is 74.7 Å². The molecule has 2 aromatic rings. The molecule has 0 amide bonds. The standard InChI is InChI=1S/C15H15NO4S2/c1-10-6-7-16(13-5-3-2-4-12(10)13)22(19,20)14-8-11(9-21-14)15(17)18/h2-5,8-10H,6-7H2,1H3,(H,17,18)/t10-/m1/s1. The Labute approximate surface area is 132 Å². The lowest BCUT2D eigenvalue weighted by Crippen LogP contribution is -2.35. The molecule has 3 rings (SSSR count). The Morgan fingerprint density at radius 3 is 2.77 bits per heavy atom. The molecule has 0 saturated carbocycles. The Hall–Kier alpha value is -1.86. The predicted octanol–water partition coefficient (Wildman–Crippen LogP) is 3.15. The van der Waals surface area contributed by atoms with Crippen molar-refractivity contribution >= 4 is 33.0 Å². The molecule has 22 heavy (non-hydrogen) atoms. The van der Waals surface area contributed by atoms with Gasteiger partial charge in [0.15, 0.2) is 0 Å². The fourth-order valence-electron chi connectivity index (χ4n) is 2.64. The summed E-state index contributed by atoms with van der Waals surface area (Å²) in [6.07, 6.45) is 0.743. The first-order valence-corrected chi connectivity index (χ1v) is 9.16. The predicted molar refractivity (Wildman–Crippen MR) is 85.3 cm³/mol. The zero-order valence-corrected chi connectivity index (χ0v) is 13.5. The van der Waals surface area contributed by atoms with Crippen molar-refractivity contribution in [2.45, 2.75) is 23.5 Å². The van der Waals surface area contributed by atoms with E-state index in [1.165, 1.54) is 15.8 Å². The van der Waals surface area contributed by atoms with Gasteiger partial charge < -0.3 is 5.11 Å². The Kier molecular flexibility index (Phi) is 3.70. The molecule has 0 unspecified atom stereocenters. The molecule has 2 heterocycles. The monoisotopic (exact) mass is 337 g/mol. The highest BCUT2D eigenvalue weighted by atomic mass is 32.2. The number of sulfonamides is 1.